The first-order chi connectivity index (χ1) is 14.2. The Labute approximate surface area is 170 Å². The summed E-state index contributed by atoms with van der Waals surface area (Å²) >= 11 is 0. The summed E-state index contributed by atoms with van der Waals surface area (Å²) in [5, 5.41) is 9.01. The van der Waals surface area contributed by atoms with Crippen LogP contribution < -0.4 is 16.0 Å². The molecule has 1 amide bonds. The van der Waals surface area contributed by atoms with Crippen molar-refractivity contribution in [3.05, 3.63) is 78.2 Å². The number of hydrogen-bond acceptors (Lipinski definition) is 4. The number of oxazole rings is 1. The lowest BCUT2D eigenvalue weighted by atomic mass is 10.1. The fourth-order valence-electron chi connectivity index (χ4n) is 2.71. The van der Waals surface area contributed by atoms with Crippen LogP contribution in [-0.4, -0.2) is 37.0 Å². The van der Waals surface area contributed by atoms with E-state index in [0.717, 1.165) is 17.7 Å². The fourth-order valence-corrected chi connectivity index (χ4v) is 2.71. The number of aliphatic imine (C=N–C) groups is 1. The maximum Gasteiger partial charge on any atom is 0.239 e. The summed E-state index contributed by atoms with van der Waals surface area (Å²) in [6, 6.07) is 19.8. The number of benzene rings is 2. The smallest absolute Gasteiger partial charge is 0.239 e. The molecule has 7 heteroatoms. The van der Waals surface area contributed by atoms with E-state index in [4.69, 9.17) is 4.42 Å². The number of rotatable bonds is 8. The highest BCUT2D eigenvalue weighted by Crippen LogP contribution is 2.17. The molecular formula is C22H25N5O2. The third-order valence-corrected chi connectivity index (χ3v) is 4.23. The van der Waals surface area contributed by atoms with Gasteiger partial charge in [-0.2, -0.15) is 0 Å². The van der Waals surface area contributed by atoms with Crippen LogP contribution in [0.5, 0.6) is 0 Å². The molecule has 29 heavy (non-hydrogen) atoms. The van der Waals surface area contributed by atoms with Gasteiger partial charge in [0, 0.05) is 19.2 Å². The van der Waals surface area contributed by atoms with Crippen LogP contribution in [0.1, 0.15) is 11.3 Å². The van der Waals surface area contributed by atoms with Crippen LogP contribution in [0.3, 0.4) is 0 Å². The zero-order chi connectivity index (χ0) is 20.3. The van der Waals surface area contributed by atoms with Crippen molar-refractivity contribution in [3.63, 3.8) is 0 Å². The number of carbonyl (C=O) groups excluding carboxylic acids is 1. The number of nitrogens with one attached hydrogen (secondary N) is 3. The van der Waals surface area contributed by atoms with Crippen molar-refractivity contribution < 1.29 is 9.21 Å². The molecule has 2 aromatic carbocycles. The maximum absolute atomic E-state index is 12.0. The van der Waals surface area contributed by atoms with Gasteiger partial charge < -0.3 is 20.4 Å². The first-order valence-electron chi connectivity index (χ1n) is 9.49. The van der Waals surface area contributed by atoms with E-state index in [2.05, 4.69) is 25.9 Å². The van der Waals surface area contributed by atoms with Gasteiger partial charge in [0.1, 0.15) is 6.26 Å². The van der Waals surface area contributed by atoms with E-state index in [0.29, 0.717) is 24.9 Å². The van der Waals surface area contributed by atoms with Gasteiger partial charge in [0.2, 0.25) is 11.8 Å². The molecule has 1 heterocycles. The van der Waals surface area contributed by atoms with Crippen LogP contribution >= 0.6 is 0 Å². The summed E-state index contributed by atoms with van der Waals surface area (Å²) in [5.74, 6) is 1.01. The van der Waals surface area contributed by atoms with Crippen molar-refractivity contribution in [1.82, 2.24) is 20.9 Å². The molecule has 0 unspecified atom stereocenters. The molecule has 3 aromatic rings. The summed E-state index contributed by atoms with van der Waals surface area (Å²) in [6.07, 6.45) is 2.41. The van der Waals surface area contributed by atoms with E-state index >= 15 is 0 Å². The maximum atomic E-state index is 12.0. The van der Waals surface area contributed by atoms with Gasteiger partial charge >= 0.3 is 0 Å². The third kappa shape index (κ3) is 6.49. The van der Waals surface area contributed by atoms with Gasteiger partial charge in [-0.3, -0.25) is 9.79 Å². The first kappa shape index (κ1) is 20.1. The Balaban J connectivity index is 1.38. The van der Waals surface area contributed by atoms with Gasteiger partial charge in [-0.05, 0) is 24.1 Å². The van der Waals surface area contributed by atoms with Gasteiger partial charge in [-0.1, -0.05) is 48.5 Å². The van der Waals surface area contributed by atoms with E-state index in [1.165, 1.54) is 5.56 Å². The third-order valence-electron chi connectivity index (χ3n) is 4.23. The Hall–Kier alpha value is -3.61. The number of guanidine groups is 1. The van der Waals surface area contributed by atoms with Crippen molar-refractivity contribution >= 4 is 11.9 Å². The van der Waals surface area contributed by atoms with Crippen molar-refractivity contribution in [3.8, 4) is 11.5 Å². The predicted molar refractivity (Wildman–Crippen MR) is 113 cm³/mol. The van der Waals surface area contributed by atoms with Crippen LogP contribution in [-0.2, 0) is 17.8 Å². The molecule has 0 aliphatic rings. The standard InChI is InChI=1S/C22H25N5O2/c1-23-22(26-15-20(28)24-13-12-17-8-4-2-5-9-17)25-14-19-16-29-21(27-19)18-10-6-3-7-11-18/h2-11,16H,12-15H2,1H3,(H,24,28)(H2,23,25,26). The monoisotopic (exact) mass is 391 g/mol. The van der Waals surface area contributed by atoms with Crippen molar-refractivity contribution in [2.75, 3.05) is 20.1 Å². The van der Waals surface area contributed by atoms with E-state index < -0.39 is 0 Å². The number of hydrogen-bond donors (Lipinski definition) is 3. The van der Waals surface area contributed by atoms with Crippen LogP contribution in [0.15, 0.2) is 76.3 Å². The molecule has 0 saturated heterocycles. The van der Waals surface area contributed by atoms with Crippen LogP contribution in [0.2, 0.25) is 0 Å². The Kier molecular flexibility index (Phi) is 7.40. The van der Waals surface area contributed by atoms with Crippen LogP contribution in [0.25, 0.3) is 11.5 Å². The van der Waals surface area contributed by atoms with Gasteiger partial charge in [0.05, 0.1) is 18.8 Å². The highest BCUT2D eigenvalue weighted by molar-refractivity contribution is 5.86. The normalized spacial score (nSPS) is 11.1. The molecule has 7 nitrogen and oxygen atoms in total. The summed E-state index contributed by atoms with van der Waals surface area (Å²) < 4.78 is 5.52. The Bertz CT molecular complexity index is 923. The molecular weight excluding hydrogens is 366 g/mol. The lowest BCUT2D eigenvalue weighted by Crippen LogP contribution is -2.43. The second-order valence-electron chi connectivity index (χ2n) is 6.37. The van der Waals surface area contributed by atoms with Crippen molar-refractivity contribution in [2.45, 2.75) is 13.0 Å². The van der Waals surface area contributed by atoms with Crippen molar-refractivity contribution in [1.29, 1.82) is 0 Å². The van der Waals surface area contributed by atoms with Crippen LogP contribution in [0, 0.1) is 0 Å². The first-order valence-corrected chi connectivity index (χ1v) is 9.49. The Morgan fingerprint density at radius 3 is 2.45 bits per heavy atom. The van der Waals surface area contributed by atoms with Gasteiger partial charge in [-0.15, -0.1) is 0 Å². The zero-order valence-electron chi connectivity index (χ0n) is 16.4. The summed E-state index contributed by atoms with van der Waals surface area (Å²) in [6.45, 7) is 1.17. The quantitative estimate of drug-likeness (QED) is 0.405. The zero-order valence-corrected chi connectivity index (χ0v) is 16.4. The molecule has 3 rings (SSSR count). The molecule has 0 spiro atoms. The number of aromatic nitrogens is 1. The average Bonchev–Trinajstić information content (AvgIpc) is 3.24. The predicted octanol–water partition coefficient (Wildman–Crippen LogP) is 2.37. The highest BCUT2D eigenvalue weighted by Gasteiger charge is 2.08. The van der Waals surface area contributed by atoms with E-state index in [1.807, 2.05) is 60.7 Å². The molecule has 3 N–H and O–H groups in total. The minimum atomic E-state index is -0.0864. The summed E-state index contributed by atoms with van der Waals surface area (Å²) in [5.41, 5.74) is 2.87. The largest absolute Gasteiger partial charge is 0.444 e. The molecule has 150 valence electrons. The molecule has 0 radical (unpaired) electrons. The SMILES string of the molecule is CN=C(NCC(=O)NCCc1ccccc1)NCc1coc(-c2ccccc2)n1. The molecule has 0 fully saturated rings. The lowest BCUT2D eigenvalue weighted by molar-refractivity contribution is -0.119. The van der Waals surface area contributed by atoms with Gasteiger partial charge in [0.15, 0.2) is 5.96 Å². The number of nitrogens with zero attached hydrogens (tertiary/aromatic N) is 2. The molecule has 0 saturated carbocycles. The Morgan fingerprint density at radius 2 is 1.72 bits per heavy atom. The van der Waals surface area contributed by atoms with Gasteiger partial charge in [-0.25, -0.2) is 4.98 Å². The lowest BCUT2D eigenvalue weighted by Gasteiger charge is -2.11. The van der Waals surface area contributed by atoms with E-state index in [1.54, 1.807) is 13.3 Å². The summed E-state index contributed by atoms with van der Waals surface area (Å²) in [4.78, 5) is 20.6. The average molecular weight is 391 g/mol. The fraction of sp³-hybridized carbons (Fsp3) is 0.227. The van der Waals surface area contributed by atoms with E-state index in [-0.39, 0.29) is 12.5 Å². The topological polar surface area (TPSA) is 91.5 Å². The van der Waals surface area contributed by atoms with Crippen molar-refractivity contribution in [2.24, 2.45) is 4.99 Å². The molecule has 0 aliphatic heterocycles. The summed E-state index contributed by atoms with van der Waals surface area (Å²) in [7, 11) is 1.65. The molecule has 0 aliphatic carbocycles. The number of carbonyl (C=O) groups is 1. The minimum Gasteiger partial charge on any atom is -0.444 e. The Morgan fingerprint density at radius 1 is 1.00 bits per heavy atom. The minimum absolute atomic E-state index is 0.0864. The molecule has 0 bridgehead atoms. The molecule has 1 aromatic heterocycles. The molecule has 0 atom stereocenters. The van der Waals surface area contributed by atoms with E-state index in [9.17, 15) is 4.79 Å². The van der Waals surface area contributed by atoms with Crippen LogP contribution in [0.4, 0.5) is 0 Å². The second-order valence-corrected chi connectivity index (χ2v) is 6.37. The second kappa shape index (κ2) is 10.7. The highest BCUT2D eigenvalue weighted by atomic mass is 16.3. The van der Waals surface area contributed by atoms with Gasteiger partial charge in [0.25, 0.3) is 0 Å². The number of amides is 1.